The molecule has 2 amide bonds. The highest BCUT2D eigenvalue weighted by Crippen LogP contribution is 2.19. The third-order valence-electron chi connectivity index (χ3n) is 5.10. The number of sulfonamides is 1. The van der Waals surface area contributed by atoms with Crippen molar-refractivity contribution in [2.45, 2.75) is 25.4 Å². The standard InChI is InChI=1S/C18H28N4O3S/c1-26(24,25)22(12-11-20-9-5-6-10-20)17-14-21(15-17)18(23)19-13-16-7-3-2-4-8-16/h2-4,7-8,17H,5-6,9-15H2,1H3,(H,19,23). The molecule has 1 aromatic carbocycles. The van der Waals surface area contributed by atoms with E-state index in [0.717, 1.165) is 25.2 Å². The summed E-state index contributed by atoms with van der Waals surface area (Å²) in [6, 6.07) is 9.48. The van der Waals surface area contributed by atoms with E-state index in [4.69, 9.17) is 0 Å². The number of amides is 2. The Morgan fingerprint density at radius 3 is 2.46 bits per heavy atom. The molecule has 0 radical (unpaired) electrons. The number of urea groups is 1. The van der Waals surface area contributed by atoms with Crippen LogP contribution >= 0.6 is 0 Å². The van der Waals surface area contributed by atoms with Crippen molar-refractivity contribution in [2.75, 3.05) is 45.5 Å². The second kappa shape index (κ2) is 8.37. The molecule has 0 saturated carbocycles. The minimum Gasteiger partial charge on any atom is -0.334 e. The van der Waals surface area contributed by atoms with Crippen LogP contribution in [0.4, 0.5) is 4.79 Å². The predicted molar refractivity (Wildman–Crippen MR) is 101 cm³/mol. The van der Waals surface area contributed by atoms with Gasteiger partial charge in [0, 0.05) is 32.7 Å². The van der Waals surface area contributed by atoms with Crippen molar-refractivity contribution in [3.05, 3.63) is 35.9 Å². The fourth-order valence-corrected chi connectivity index (χ4v) is 4.64. The van der Waals surface area contributed by atoms with Gasteiger partial charge in [-0.1, -0.05) is 30.3 Å². The summed E-state index contributed by atoms with van der Waals surface area (Å²) in [4.78, 5) is 16.2. The molecule has 2 heterocycles. The molecule has 7 nitrogen and oxygen atoms in total. The monoisotopic (exact) mass is 380 g/mol. The smallest absolute Gasteiger partial charge is 0.317 e. The molecule has 2 aliphatic rings. The Kier molecular flexibility index (Phi) is 6.16. The van der Waals surface area contributed by atoms with Crippen molar-refractivity contribution >= 4 is 16.1 Å². The molecule has 1 aromatic rings. The average molecular weight is 381 g/mol. The second-order valence-electron chi connectivity index (χ2n) is 7.13. The number of nitrogens with one attached hydrogen (secondary N) is 1. The van der Waals surface area contributed by atoms with Gasteiger partial charge in [0.25, 0.3) is 0 Å². The Bertz CT molecular complexity index is 698. The van der Waals surface area contributed by atoms with Crippen LogP contribution in [-0.2, 0) is 16.6 Å². The summed E-state index contributed by atoms with van der Waals surface area (Å²) in [7, 11) is -3.27. The van der Waals surface area contributed by atoms with E-state index in [1.54, 1.807) is 9.21 Å². The van der Waals surface area contributed by atoms with Crippen molar-refractivity contribution in [3.8, 4) is 0 Å². The van der Waals surface area contributed by atoms with Crippen LogP contribution in [0, 0.1) is 0 Å². The number of rotatable bonds is 7. The van der Waals surface area contributed by atoms with E-state index in [1.807, 2.05) is 30.3 Å². The summed E-state index contributed by atoms with van der Waals surface area (Å²) in [5, 5.41) is 2.89. The zero-order valence-corrected chi connectivity index (χ0v) is 16.1. The molecule has 144 valence electrons. The molecular weight excluding hydrogens is 352 g/mol. The van der Waals surface area contributed by atoms with Gasteiger partial charge in [-0.2, -0.15) is 4.31 Å². The second-order valence-corrected chi connectivity index (χ2v) is 9.06. The number of hydrogen-bond acceptors (Lipinski definition) is 4. The Balaban J connectivity index is 1.46. The van der Waals surface area contributed by atoms with Gasteiger partial charge in [-0.05, 0) is 31.5 Å². The van der Waals surface area contributed by atoms with E-state index in [0.29, 0.717) is 26.2 Å². The number of benzene rings is 1. The molecular formula is C18H28N4O3S. The largest absolute Gasteiger partial charge is 0.334 e. The van der Waals surface area contributed by atoms with Crippen LogP contribution in [0.5, 0.6) is 0 Å². The maximum atomic E-state index is 12.2. The van der Waals surface area contributed by atoms with Gasteiger partial charge in [0.05, 0.1) is 12.3 Å². The molecule has 1 N–H and O–H groups in total. The van der Waals surface area contributed by atoms with Crippen LogP contribution in [0.1, 0.15) is 18.4 Å². The van der Waals surface area contributed by atoms with Crippen LogP contribution in [0.3, 0.4) is 0 Å². The van der Waals surface area contributed by atoms with E-state index >= 15 is 0 Å². The van der Waals surface area contributed by atoms with E-state index in [-0.39, 0.29) is 12.1 Å². The maximum absolute atomic E-state index is 12.2. The molecule has 26 heavy (non-hydrogen) atoms. The molecule has 3 rings (SSSR count). The van der Waals surface area contributed by atoms with Gasteiger partial charge >= 0.3 is 6.03 Å². The van der Waals surface area contributed by atoms with Gasteiger partial charge in [0.2, 0.25) is 10.0 Å². The van der Waals surface area contributed by atoms with Gasteiger partial charge in [-0.3, -0.25) is 0 Å². The molecule has 2 aliphatic heterocycles. The summed E-state index contributed by atoms with van der Waals surface area (Å²) < 4.78 is 25.9. The third-order valence-corrected chi connectivity index (χ3v) is 6.44. The van der Waals surface area contributed by atoms with Crippen molar-refractivity contribution in [3.63, 3.8) is 0 Å². The normalized spacial score (nSPS) is 18.9. The SMILES string of the molecule is CS(=O)(=O)N(CCN1CCCC1)C1CN(C(=O)NCc2ccccc2)C1. The van der Waals surface area contributed by atoms with Crippen molar-refractivity contribution in [1.29, 1.82) is 0 Å². The summed E-state index contributed by atoms with van der Waals surface area (Å²) in [6.07, 6.45) is 3.64. The van der Waals surface area contributed by atoms with Crippen LogP contribution in [-0.4, -0.2) is 80.1 Å². The zero-order valence-electron chi connectivity index (χ0n) is 15.3. The molecule has 0 aliphatic carbocycles. The van der Waals surface area contributed by atoms with E-state index in [2.05, 4.69) is 10.2 Å². The topological polar surface area (TPSA) is 73.0 Å². The lowest BCUT2D eigenvalue weighted by Crippen LogP contribution is -2.64. The lowest BCUT2D eigenvalue weighted by atomic mass is 10.1. The lowest BCUT2D eigenvalue weighted by Gasteiger charge is -2.44. The number of carbonyl (C=O) groups excluding carboxylic acids is 1. The summed E-state index contributed by atoms with van der Waals surface area (Å²) in [6.45, 7) is 4.76. The Labute approximate surface area is 156 Å². The lowest BCUT2D eigenvalue weighted by molar-refractivity contribution is 0.0968. The Morgan fingerprint density at radius 1 is 1.19 bits per heavy atom. The number of carbonyl (C=O) groups is 1. The molecule has 0 unspecified atom stereocenters. The first-order valence-electron chi connectivity index (χ1n) is 9.19. The van der Waals surface area contributed by atoms with Crippen molar-refractivity contribution in [2.24, 2.45) is 0 Å². The Morgan fingerprint density at radius 2 is 1.85 bits per heavy atom. The molecule has 0 aromatic heterocycles. The van der Waals surface area contributed by atoms with Gasteiger partial charge in [0.15, 0.2) is 0 Å². The van der Waals surface area contributed by atoms with Crippen molar-refractivity contribution in [1.82, 2.24) is 19.4 Å². The van der Waals surface area contributed by atoms with Crippen LogP contribution in [0.2, 0.25) is 0 Å². The van der Waals surface area contributed by atoms with E-state index in [1.165, 1.54) is 19.1 Å². The highest BCUT2D eigenvalue weighted by Gasteiger charge is 2.38. The minimum absolute atomic E-state index is 0.116. The van der Waals surface area contributed by atoms with Crippen LogP contribution in [0.15, 0.2) is 30.3 Å². The summed E-state index contributed by atoms with van der Waals surface area (Å²) in [5.74, 6) is 0. The fourth-order valence-electron chi connectivity index (χ4n) is 3.55. The highest BCUT2D eigenvalue weighted by atomic mass is 32.2. The highest BCUT2D eigenvalue weighted by molar-refractivity contribution is 7.88. The Hall–Kier alpha value is -1.64. The minimum atomic E-state index is -3.27. The first-order chi connectivity index (χ1) is 12.4. The van der Waals surface area contributed by atoms with Crippen LogP contribution in [0.25, 0.3) is 0 Å². The first kappa shape index (κ1) is 19.1. The summed E-state index contributed by atoms with van der Waals surface area (Å²) in [5.41, 5.74) is 1.04. The van der Waals surface area contributed by atoms with Gasteiger partial charge < -0.3 is 15.1 Å². The van der Waals surface area contributed by atoms with Gasteiger partial charge in [-0.25, -0.2) is 13.2 Å². The van der Waals surface area contributed by atoms with Gasteiger partial charge in [0.1, 0.15) is 0 Å². The molecule has 0 spiro atoms. The predicted octanol–water partition coefficient (Wildman–Crippen LogP) is 0.938. The number of likely N-dealkylation sites (tertiary alicyclic amines) is 2. The van der Waals surface area contributed by atoms with E-state index in [9.17, 15) is 13.2 Å². The maximum Gasteiger partial charge on any atom is 0.317 e. The fraction of sp³-hybridized carbons (Fsp3) is 0.611. The molecule has 2 saturated heterocycles. The number of hydrogen-bond donors (Lipinski definition) is 1. The zero-order chi connectivity index (χ0) is 18.6. The van der Waals surface area contributed by atoms with E-state index < -0.39 is 10.0 Å². The molecule has 0 bridgehead atoms. The molecule has 0 atom stereocenters. The molecule has 2 fully saturated rings. The quantitative estimate of drug-likeness (QED) is 0.764. The van der Waals surface area contributed by atoms with Gasteiger partial charge in [-0.15, -0.1) is 0 Å². The number of nitrogens with zero attached hydrogens (tertiary/aromatic N) is 3. The first-order valence-corrected chi connectivity index (χ1v) is 11.0. The van der Waals surface area contributed by atoms with Crippen LogP contribution < -0.4 is 5.32 Å². The summed E-state index contributed by atoms with van der Waals surface area (Å²) >= 11 is 0. The molecule has 8 heteroatoms. The third kappa shape index (κ3) is 4.96. The van der Waals surface area contributed by atoms with Crippen molar-refractivity contribution < 1.29 is 13.2 Å². The average Bonchev–Trinajstić information content (AvgIpc) is 3.08.